The van der Waals surface area contributed by atoms with Crippen molar-refractivity contribution in [2.45, 2.75) is 20.5 Å². The number of hydrazone groups is 1. The molecule has 44 heavy (non-hydrogen) atoms. The lowest BCUT2D eigenvalue weighted by molar-refractivity contribution is 0.0696. The molecule has 8 nitrogen and oxygen atoms in total. The quantitative estimate of drug-likeness (QED) is 0.113. The Morgan fingerprint density at radius 2 is 1.68 bits per heavy atom. The molecule has 0 spiro atoms. The van der Waals surface area contributed by atoms with E-state index in [0.717, 1.165) is 22.6 Å². The van der Waals surface area contributed by atoms with Crippen molar-refractivity contribution in [3.8, 4) is 28.4 Å². The fourth-order valence-corrected chi connectivity index (χ4v) is 5.30. The minimum Gasteiger partial charge on any atom is -0.490 e. The number of nitrogens with one attached hydrogen (secondary N) is 1. The van der Waals surface area contributed by atoms with Gasteiger partial charge in [0.05, 0.1) is 28.6 Å². The Bertz CT molecular complexity index is 1810. The van der Waals surface area contributed by atoms with Gasteiger partial charge in [0, 0.05) is 16.9 Å². The minimum atomic E-state index is -1.000. The number of aryl methyl sites for hydroxylation is 1. The number of amides is 1. The monoisotopic (exact) mass is 651 g/mol. The molecule has 2 N–H and O–H groups in total. The molecule has 0 saturated heterocycles. The molecule has 0 bridgehead atoms. The fourth-order valence-electron chi connectivity index (χ4n) is 4.72. The lowest BCUT2D eigenvalue weighted by atomic mass is 10.1. The van der Waals surface area contributed by atoms with Crippen molar-refractivity contribution in [2.24, 2.45) is 5.10 Å². The summed E-state index contributed by atoms with van der Waals surface area (Å²) in [4.78, 5) is 24.1. The molecule has 1 aromatic heterocycles. The van der Waals surface area contributed by atoms with Gasteiger partial charge in [-0.25, -0.2) is 10.2 Å². The zero-order chi connectivity index (χ0) is 31.1. The van der Waals surface area contributed by atoms with Crippen LogP contribution in [0.15, 0.2) is 113 Å². The Labute approximate surface area is 263 Å². The molecule has 0 aliphatic rings. The summed E-state index contributed by atoms with van der Waals surface area (Å²) in [5.74, 6) is -0.384. The minimum absolute atomic E-state index is 0.152. The maximum atomic E-state index is 12.8. The zero-order valence-corrected chi connectivity index (χ0v) is 25.7. The molecule has 0 aliphatic heterocycles. The number of ether oxygens (including phenoxy) is 2. The summed E-state index contributed by atoms with van der Waals surface area (Å²) in [7, 11) is 0. The van der Waals surface area contributed by atoms with Crippen LogP contribution in [0.25, 0.3) is 16.9 Å². The zero-order valence-electron chi connectivity index (χ0n) is 24.2. The number of halogens is 1. The van der Waals surface area contributed by atoms with Gasteiger partial charge in [0.15, 0.2) is 11.5 Å². The van der Waals surface area contributed by atoms with Crippen LogP contribution in [-0.4, -0.2) is 34.4 Å². The summed E-state index contributed by atoms with van der Waals surface area (Å²) in [5.41, 5.74) is 8.86. The van der Waals surface area contributed by atoms with Crippen LogP contribution in [0, 0.1) is 6.92 Å². The number of hydrogen-bond donors (Lipinski definition) is 2. The Kier molecular flexibility index (Phi) is 9.56. The number of carbonyl (C=O) groups is 2. The highest BCUT2D eigenvalue weighted by Crippen LogP contribution is 2.37. The second kappa shape index (κ2) is 13.9. The highest BCUT2D eigenvalue weighted by Gasteiger charge is 2.14. The normalized spacial score (nSPS) is 11.0. The van der Waals surface area contributed by atoms with E-state index in [1.807, 2.05) is 37.3 Å². The first-order valence-electron chi connectivity index (χ1n) is 13.9. The van der Waals surface area contributed by atoms with Gasteiger partial charge in [0.1, 0.15) is 6.61 Å². The summed E-state index contributed by atoms with van der Waals surface area (Å²) in [6.07, 6.45) is 1.52. The van der Waals surface area contributed by atoms with Crippen LogP contribution in [0.3, 0.4) is 0 Å². The maximum Gasteiger partial charge on any atom is 0.335 e. The van der Waals surface area contributed by atoms with Crippen molar-refractivity contribution < 1.29 is 24.2 Å². The molecule has 5 aromatic rings. The predicted octanol–water partition coefficient (Wildman–Crippen LogP) is 7.66. The maximum absolute atomic E-state index is 12.8. The van der Waals surface area contributed by atoms with Gasteiger partial charge in [-0.05, 0) is 107 Å². The molecule has 1 heterocycles. The van der Waals surface area contributed by atoms with Gasteiger partial charge in [-0.1, -0.05) is 42.5 Å². The number of carboxylic acid groups (broad SMARTS) is 1. The van der Waals surface area contributed by atoms with Gasteiger partial charge in [-0.3, -0.25) is 4.79 Å². The number of aromatic nitrogens is 1. The average molecular weight is 653 g/mol. The SMILES string of the molecule is CCOc1cc(/C=N/NC(=O)c2ccc(-n3c(C)ccc3-c3ccccc3)cc2)cc(Br)c1OCc1cccc(C(=O)O)c1. The van der Waals surface area contributed by atoms with Gasteiger partial charge < -0.3 is 19.1 Å². The van der Waals surface area contributed by atoms with Crippen LogP contribution in [0.2, 0.25) is 0 Å². The number of nitrogens with zero attached hydrogens (tertiary/aromatic N) is 2. The van der Waals surface area contributed by atoms with E-state index in [4.69, 9.17) is 9.47 Å². The number of carbonyl (C=O) groups excluding carboxylic acids is 1. The summed E-state index contributed by atoms with van der Waals surface area (Å²) in [6.45, 7) is 4.47. The Morgan fingerprint density at radius 1 is 0.909 bits per heavy atom. The first-order chi connectivity index (χ1) is 21.3. The highest BCUT2D eigenvalue weighted by atomic mass is 79.9. The second-order valence-electron chi connectivity index (χ2n) is 9.86. The highest BCUT2D eigenvalue weighted by molar-refractivity contribution is 9.10. The van der Waals surface area contributed by atoms with Gasteiger partial charge in [-0.2, -0.15) is 5.10 Å². The summed E-state index contributed by atoms with van der Waals surface area (Å²) in [6, 6.07) is 31.8. The van der Waals surface area contributed by atoms with Gasteiger partial charge in [0.2, 0.25) is 0 Å². The lowest BCUT2D eigenvalue weighted by Crippen LogP contribution is -2.17. The molecule has 0 saturated carbocycles. The van der Waals surface area contributed by atoms with E-state index in [1.165, 1.54) is 12.3 Å². The summed E-state index contributed by atoms with van der Waals surface area (Å²) < 4.78 is 14.6. The van der Waals surface area contributed by atoms with E-state index in [0.29, 0.717) is 39.3 Å². The van der Waals surface area contributed by atoms with E-state index < -0.39 is 5.97 Å². The number of aromatic carboxylic acids is 1. The number of rotatable bonds is 11. The smallest absolute Gasteiger partial charge is 0.335 e. The Morgan fingerprint density at radius 3 is 2.41 bits per heavy atom. The molecule has 5 rings (SSSR count). The first-order valence-corrected chi connectivity index (χ1v) is 14.7. The molecule has 1 amide bonds. The largest absolute Gasteiger partial charge is 0.490 e. The van der Waals surface area contributed by atoms with Crippen molar-refractivity contribution in [3.63, 3.8) is 0 Å². The van der Waals surface area contributed by atoms with Gasteiger partial charge >= 0.3 is 5.97 Å². The van der Waals surface area contributed by atoms with E-state index in [-0.39, 0.29) is 18.1 Å². The molecule has 0 aliphatic carbocycles. The summed E-state index contributed by atoms with van der Waals surface area (Å²) in [5, 5.41) is 13.4. The second-order valence-corrected chi connectivity index (χ2v) is 10.7. The molecule has 0 fully saturated rings. The first kappa shape index (κ1) is 30.3. The van der Waals surface area contributed by atoms with Gasteiger partial charge in [-0.15, -0.1) is 0 Å². The third kappa shape index (κ3) is 7.07. The number of carboxylic acids is 1. The van der Waals surface area contributed by atoms with E-state index >= 15 is 0 Å². The molecular formula is C35H30BrN3O5. The van der Waals surface area contributed by atoms with Crippen LogP contribution < -0.4 is 14.9 Å². The molecule has 0 unspecified atom stereocenters. The standard InChI is InChI=1S/C35H30BrN3O5/c1-3-43-32-20-25(19-30(36)33(32)44-22-24-8-7-11-28(18-24)35(41)42)21-37-38-34(40)27-13-15-29(16-14-27)39-23(2)12-17-31(39)26-9-5-4-6-10-26/h4-21H,3,22H2,1-2H3,(H,38,40)(H,41,42)/b37-21+. The average Bonchev–Trinajstić information content (AvgIpc) is 3.42. The summed E-state index contributed by atoms with van der Waals surface area (Å²) >= 11 is 3.53. The Hall–Kier alpha value is -5.15. The van der Waals surface area contributed by atoms with Crippen LogP contribution in [0.5, 0.6) is 11.5 Å². The third-order valence-electron chi connectivity index (χ3n) is 6.80. The van der Waals surface area contributed by atoms with E-state index in [9.17, 15) is 14.7 Å². The van der Waals surface area contributed by atoms with Crippen LogP contribution in [0.4, 0.5) is 0 Å². The molecule has 9 heteroatoms. The molecule has 222 valence electrons. The molecule has 4 aromatic carbocycles. The van der Waals surface area contributed by atoms with E-state index in [1.54, 1.807) is 42.5 Å². The van der Waals surface area contributed by atoms with Crippen molar-refractivity contribution in [1.29, 1.82) is 0 Å². The van der Waals surface area contributed by atoms with Crippen LogP contribution in [-0.2, 0) is 6.61 Å². The molecule has 0 radical (unpaired) electrons. The van der Waals surface area contributed by atoms with E-state index in [2.05, 4.69) is 62.2 Å². The number of benzene rings is 4. The van der Waals surface area contributed by atoms with Crippen molar-refractivity contribution in [1.82, 2.24) is 9.99 Å². The van der Waals surface area contributed by atoms with Crippen molar-refractivity contribution >= 4 is 34.0 Å². The lowest BCUT2D eigenvalue weighted by Gasteiger charge is -2.15. The topological polar surface area (TPSA) is 102 Å². The van der Waals surface area contributed by atoms with Crippen LogP contribution >= 0.6 is 15.9 Å². The Balaban J connectivity index is 1.26. The van der Waals surface area contributed by atoms with Gasteiger partial charge in [0.25, 0.3) is 5.91 Å². The molecular weight excluding hydrogens is 622 g/mol. The van der Waals surface area contributed by atoms with Crippen molar-refractivity contribution in [3.05, 3.63) is 136 Å². The fraction of sp³-hybridized carbons (Fsp3) is 0.114. The third-order valence-corrected chi connectivity index (χ3v) is 7.39. The van der Waals surface area contributed by atoms with Crippen LogP contribution in [0.1, 0.15) is 44.5 Å². The molecule has 0 atom stereocenters. The predicted molar refractivity (Wildman–Crippen MR) is 174 cm³/mol. The van der Waals surface area contributed by atoms with Crippen molar-refractivity contribution in [2.75, 3.05) is 6.61 Å². The number of hydrogen-bond acceptors (Lipinski definition) is 5.